The molecule has 0 heterocycles. The molecule has 1 rings (SSSR count). The molecule has 106 valence electrons. The lowest BCUT2D eigenvalue weighted by Gasteiger charge is -2.09. The van der Waals surface area contributed by atoms with Gasteiger partial charge in [0.1, 0.15) is 4.99 Å². The van der Waals surface area contributed by atoms with Crippen LogP contribution in [0.5, 0.6) is 0 Å². The van der Waals surface area contributed by atoms with Gasteiger partial charge in [0, 0.05) is 25.8 Å². The van der Waals surface area contributed by atoms with Crippen LogP contribution in [0.2, 0.25) is 0 Å². The molecule has 0 saturated heterocycles. The Morgan fingerprint density at radius 2 is 2.16 bits per heavy atom. The maximum Gasteiger partial charge on any atom is 0.240 e. The molecule has 0 unspecified atom stereocenters. The number of hydrogen-bond donors (Lipinski definition) is 2. The quantitative estimate of drug-likeness (QED) is 0.579. The zero-order valence-electron chi connectivity index (χ0n) is 11.0. The molecule has 19 heavy (non-hydrogen) atoms. The molecule has 7 heteroatoms. The van der Waals surface area contributed by atoms with Crippen molar-refractivity contribution >= 4 is 27.2 Å². The van der Waals surface area contributed by atoms with Gasteiger partial charge in [-0.3, -0.25) is 0 Å². The van der Waals surface area contributed by atoms with Gasteiger partial charge in [-0.2, -0.15) is 0 Å². The zero-order chi connectivity index (χ0) is 14.5. The molecular formula is C12H18N2O3S2. The summed E-state index contributed by atoms with van der Waals surface area (Å²) < 4.78 is 31.4. The lowest BCUT2D eigenvalue weighted by molar-refractivity contribution is 0.196. The highest BCUT2D eigenvalue weighted by Gasteiger charge is 2.14. The third-order valence-corrected chi connectivity index (χ3v) is 4.27. The van der Waals surface area contributed by atoms with Crippen LogP contribution in [-0.2, 0) is 14.8 Å². The van der Waals surface area contributed by atoms with Crippen LogP contribution in [0, 0.1) is 6.92 Å². The highest BCUT2D eigenvalue weighted by molar-refractivity contribution is 7.89. The maximum atomic E-state index is 12.0. The van der Waals surface area contributed by atoms with Crippen LogP contribution in [0.15, 0.2) is 23.1 Å². The summed E-state index contributed by atoms with van der Waals surface area (Å²) in [6.07, 6.45) is 0.625. The summed E-state index contributed by atoms with van der Waals surface area (Å²) in [4.78, 5) is 0.469. The molecule has 0 spiro atoms. The second-order valence-electron chi connectivity index (χ2n) is 4.09. The molecule has 0 radical (unpaired) electrons. The predicted molar refractivity (Wildman–Crippen MR) is 78.7 cm³/mol. The van der Waals surface area contributed by atoms with Gasteiger partial charge in [0.2, 0.25) is 10.0 Å². The van der Waals surface area contributed by atoms with Crippen LogP contribution in [-0.4, -0.2) is 33.7 Å². The van der Waals surface area contributed by atoms with E-state index in [-0.39, 0.29) is 9.88 Å². The Morgan fingerprint density at radius 1 is 1.47 bits per heavy atom. The van der Waals surface area contributed by atoms with Crippen LogP contribution < -0.4 is 10.5 Å². The second-order valence-corrected chi connectivity index (χ2v) is 6.29. The normalized spacial score (nSPS) is 11.5. The molecular weight excluding hydrogens is 284 g/mol. The summed E-state index contributed by atoms with van der Waals surface area (Å²) >= 11 is 4.88. The Labute approximate surface area is 119 Å². The number of methoxy groups -OCH3 is 1. The number of nitrogens with two attached hydrogens (primary N) is 1. The van der Waals surface area contributed by atoms with Crippen molar-refractivity contribution in [3.63, 3.8) is 0 Å². The Kier molecular flexibility index (Phi) is 5.86. The van der Waals surface area contributed by atoms with Gasteiger partial charge in [-0.25, -0.2) is 13.1 Å². The minimum atomic E-state index is -3.50. The van der Waals surface area contributed by atoms with E-state index in [1.807, 2.05) is 0 Å². The Hall–Kier alpha value is -1.02. The number of hydrogen-bond acceptors (Lipinski definition) is 4. The molecule has 0 aromatic heterocycles. The summed E-state index contributed by atoms with van der Waals surface area (Å²) in [5, 5.41) is 0. The average molecular weight is 302 g/mol. The van der Waals surface area contributed by atoms with Gasteiger partial charge in [-0.1, -0.05) is 18.3 Å². The van der Waals surface area contributed by atoms with Crippen molar-refractivity contribution in [3.05, 3.63) is 29.3 Å². The first-order valence-corrected chi connectivity index (χ1v) is 7.66. The number of nitrogens with one attached hydrogen (secondary N) is 1. The molecule has 0 bridgehead atoms. The summed E-state index contributed by atoms with van der Waals surface area (Å²) in [7, 11) is -1.92. The number of rotatable bonds is 7. The number of sulfonamides is 1. The Bertz CT molecular complexity index is 556. The molecule has 5 nitrogen and oxygen atoms in total. The van der Waals surface area contributed by atoms with Gasteiger partial charge in [-0.15, -0.1) is 0 Å². The van der Waals surface area contributed by atoms with Crippen molar-refractivity contribution < 1.29 is 13.2 Å². The topological polar surface area (TPSA) is 81.4 Å². The van der Waals surface area contributed by atoms with Gasteiger partial charge >= 0.3 is 0 Å². The van der Waals surface area contributed by atoms with E-state index in [4.69, 9.17) is 22.7 Å². The maximum absolute atomic E-state index is 12.0. The van der Waals surface area contributed by atoms with E-state index in [2.05, 4.69) is 4.72 Å². The van der Waals surface area contributed by atoms with E-state index in [1.54, 1.807) is 26.2 Å². The highest BCUT2D eigenvalue weighted by Crippen LogP contribution is 2.15. The van der Waals surface area contributed by atoms with Gasteiger partial charge < -0.3 is 10.5 Å². The molecule has 0 aliphatic rings. The first kappa shape index (κ1) is 16.0. The van der Waals surface area contributed by atoms with Gasteiger partial charge in [0.25, 0.3) is 0 Å². The van der Waals surface area contributed by atoms with Crippen LogP contribution in [0.25, 0.3) is 0 Å². The van der Waals surface area contributed by atoms with Crippen molar-refractivity contribution in [1.29, 1.82) is 0 Å². The van der Waals surface area contributed by atoms with Crippen molar-refractivity contribution in [1.82, 2.24) is 4.72 Å². The van der Waals surface area contributed by atoms with E-state index < -0.39 is 10.0 Å². The van der Waals surface area contributed by atoms with Crippen molar-refractivity contribution in [2.75, 3.05) is 20.3 Å². The fraction of sp³-hybridized carbons (Fsp3) is 0.417. The lowest BCUT2D eigenvalue weighted by Crippen LogP contribution is -2.25. The molecule has 0 aliphatic carbocycles. The number of aryl methyl sites for hydroxylation is 1. The highest BCUT2D eigenvalue weighted by atomic mass is 32.2. The third kappa shape index (κ3) is 4.54. The number of ether oxygens (including phenoxy) is 1. The fourth-order valence-corrected chi connectivity index (χ4v) is 2.97. The molecule has 1 aromatic carbocycles. The molecule has 1 aromatic rings. The minimum absolute atomic E-state index is 0.211. The van der Waals surface area contributed by atoms with Crippen LogP contribution in [0.4, 0.5) is 0 Å². The van der Waals surface area contributed by atoms with Crippen molar-refractivity contribution in [2.24, 2.45) is 5.73 Å². The Morgan fingerprint density at radius 3 is 2.68 bits per heavy atom. The first-order valence-electron chi connectivity index (χ1n) is 5.77. The zero-order valence-corrected chi connectivity index (χ0v) is 12.6. The molecule has 0 aliphatic heterocycles. The van der Waals surface area contributed by atoms with Crippen LogP contribution in [0.3, 0.4) is 0 Å². The van der Waals surface area contributed by atoms with E-state index >= 15 is 0 Å². The Balaban J connectivity index is 2.84. The molecule has 0 saturated carbocycles. The van der Waals surface area contributed by atoms with Crippen molar-refractivity contribution in [2.45, 2.75) is 18.2 Å². The van der Waals surface area contributed by atoms with E-state index in [1.165, 1.54) is 6.07 Å². The molecule has 0 fully saturated rings. The lowest BCUT2D eigenvalue weighted by atomic mass is 10.1. The average Bonchev–Trinajstić information content (AvgIpc) is 2.34. The number of thiocarbonyl (C=S) groups is 1. The van der Waals surface area contributed by atoms with E-state index in [0.717, 1.165) is 5.56 Å². The first-order chi connectivity index (χ1) is 8.88. The summed E-state index contributed by atoms with van der Waals surface area (Å²) in [5.74, 6) is 0. The number of benzene rings is 1. The third-order valence-electron chi connectivity index (χ3n) is 2.59. The van der Waals surface area contributed by atoms with Gasteiger partial charge in [-0.05, 0) is 31.0 Å². The molecule has 0 atom stereocenters. The largest absolute Gasteiger partial charge is 0.389 e. The minimum Gasteiger partial charge on any atom is -0.389 e. The smallest absolute Gasteiger partial charge is 0.240 e. The van der Waals surface area contributed by atoms with Gasteiger partial charge in [0.05, 0.1) is 4.90 Å². The second kappa shape index (κ2) is 6.95. The summed E-state index contributed by atoms with van der Waals surface area (Å²) in [6.45, 7) is 2.63. The summed E-state index contributed by atoms with van der Waals surface area (Å²) in [6, 6.07) is 4.69. The SMILES string of the molecule is COCCCNS(=O)(=O)c1ccc(C(N)=S)c(C)c1. The van der Waals surface area contributed by atoms with Crippen LogP contribution in [0.1, 0.15) is 17.5 Å². The molecule has 3 N–H and O–H groups in total. The van der Waals surface area contributed by atoms with Gasteiger partial charge in [0.15, 0.2) is 0 Å². The van der Waals surface area contributed by atoms with Crippen LogP contribution >= 0.6 is 12.2 Å². The standard InChI is InChI=1S/C12H18N2O3S2/c1-9-8-10(4-5-11(9)12(13)18)19(15,16)14-6-3-7-17-2/h4-5,8,14H,3,6-7H2,1-2H3,(H2,13,18). The summed E-state index contributed by atoms with van der Waals surface area (Å²) in [5.41, 5.74) is 6.97. The monoisotopic (exact) mass is 302 g/mol. The van der Waals surface area contributed by atoms with E-state index in [9.17, 15) is 8.42 Å². The van der Waals surface area contributed by atoms with E-state index in [0.29, 0.717) is 25.1 Å². The van der Waals surface area contributed by atoms with Crippen molar-refractivity contribution in [3.8, 4) is 0 Å². The fourth-order valence-electron chi connectivity index (χ4n) is 1.59. The molecule has 0 amide bonds. The predicted octanol–water partition coefficient (Wildman–Crippen LogP) is 0.944.